The third kappa shape index (κ3) is 2.23. The van der Waals surface area contributed by atoms with Crippen molar-refractivity contribution >= 4 is 5.97 Å². The summed E-state index contributed by atoms with van der Waals surface area (Å²) in [5.74, 6) is 0.533. The first-order chi connectivity index (χ1) is 7.53. The Balaban J connectivity index is 1.96. The predicted molar refractivity (Wildman–Crippen MR) is 62.2 cm³/mol. The highest BCUT2D eigenvalue weighted by Crippen LogP contribution is 2.28. The summed E-state index contributed by atoms with van der Waals surface area (Å²) in [6.07, 6.45) is 2.40. The summed E-state index contributed by atoms with van der Waals surface area (Å²) in [5, 5.41) is 3.47. The fraction of sp³-hybridized carbons (Fsp3) is 0.917. The molecule has 0 amide bonds. The Bertz CT molecular complexity index is 278. The molecule has 0 aromatic rings. The zero-order valence-electron chi connectivity index (χ0n) is 10.5. The van der Waals surface area contributed by atoms with Crippen molar-refractivity contribution in [3.05, 3.63) is 0 Å². The molecule has 4 nitrogen and oxygen atoms in total. The maximum Gasteiger partial charge on any atom is 0.325 e. The van der Waals surface area contributed by atoms with Crippen LogP contribution in [0.4, 0.5) is 0 Å². The van der Waals surface area contributed by atoms with E-state index in [-0.39, 0.29) is 5.97 Å². The molecule has 92 valence electrons. The van der Waals surface area contributed by atoms with Gasteiger partial charge in [0.25, 0.3) is 0 Å². The lowest BCUT2D eigenvalue weighted by molar-refractivity contribution is -0.147. The molecule has 0 saturated carbocycles. The second-order valence-corrected chi connectivity index (χ2v) is 5.51. The summed E-state index contributed by atoms with van der Waals surface area (Å²) in [6.45, 7) is 7.38. The molecule has 0 spiro atoms. The van der Waals surface area contributed by atoms with E-state index in [2.05, 4.69) is 10.2 Å². The molecule has 0 aromatic carbocycles. The Kier molecular flexibility index (Phi) is 3.22. The second-order valence-electron chi connectivity index (χ2n) is 5.51. The Hall–Kier alpha value is -0.610. The summed E-state index contributed by atoms with van der Waals surface area (Å²) in [7, 11) is 1.45. The molecular weight excluding hydrogens is 204 g/mol. The topological polar surface area (TPSA) is 41.6 Å². The van der Waals surface area contributed by atoms with E-state index in [9.17, 15) is 4.79 Å². The van der Waals surface area contributed by atoms with Crippen LogP contribution in [-0.4, -0.2) is 49.2 Å². The first-order valence-electron chi connectivity index (χ1n) is 6.11. The number of fused-ring (bicyclic) bond motifs is 2. The molecule has 3 unspecified atom stereocenters. The number of hydrogen-bond donors (Lipinski definition) is 1. The van der Waals surface area contributed by atoms with Crippen LogP contribution in [-0.2, 0) is 9.53 Å². The minimum Gasteiger partial charge on any atom is -0.468 e. The molecule has 3 atom stereocenters. The molecule has 2 aliphatic heterocycles. The van der Waals surface area contributed by atoms with Gasteiger partial charge in [-0.2, -0.15) is 0 Å². The van der Waals surface area contributed by atoms with E-state index in [0.717, 1.165) is 13.0 Å². The zero-order valence-corrected chi connectivity index (χ0v) is 10.5. The summed E-state index contributed by atoms with van der Waals surface area (Å²) in [4.78, 5) is 14.1. The van der Waals surface area contributed by atoms with Gasteiger partial charge in [-0.05, 0) is 45.7 Å². The SMILES string of the molecule is COC(=O)C(C)(C)NC1CCN2CCC1C2. The molecule has 2 bridgehead atoms. The Labute approximate surface area is 97.3 Å². The van der Waals surface area contributed by atoms with Crippen molar-refractivity contribution in [1.29, 1.82) is 0 Å². The van der Waals surface area contributed by atoms with Gasteiger partial charge in [-0.1, -0.05) is 0 Å². The molecule has 1 N–H and O–H groups in total. The molecule has 2 heterocycles. The van der Waals surface area contributed by atoms with Gasteiger partial charge >= 0.3 is 5.97 Å². The van der Waals surface area contributed by atoms with E-state index in [1.807, 2.05) is 13.8 Å². The van der Waals surface area contributed by atoms with E-state index in [1.165, 1.54) is 26.6 Å². The standard InChI is InChI=1S/C12H22N2O2/c1-12(2,11(15)16-3)13-10-5-7-14-6-4-9(10)8-14/h9-10,13H,4-8H2,1-3H3. The van der Waals surface area contributed by atoms with Gasteiger partial charge in [-0.3, -0.25) is 10.1 Å². The largest absolute Gasteiger partial charge is 0.468 e. The lowest BCUT2D eigenvalue weighted by Gasteiger charge is -2.36. The van der Waals surface area contributed by atoms with Crippen LogP contribution in [0, 0.1) is 5.92 Å². The highest BCUT2D eigenvalue weighted by Gasteiger charge is 2.39. The Morgan fingerprint density at radius 3 is 2.75 bits per heavy atom. The zero-order chi connectivity index (χ0) is 11.8. The van der Waals surface area contributed by atoms with Crippen LogP contribution in [0.5, 0.6) is 0 Å². The van der Waals surface area contributed by atoms with Gasteiger partial charge in [0, 0.05) is 12.6 Å². The van der Waals surface area contributed by atoms with Gasteiger partial charge in [0.15, 0.2) is 0 Å². The van der Waals surface area contributed by atoms with E-state index in [1.54, 1.807) is 0 Å². The minimum atomic E-state index is -0.565. The first-order valence-corrected chi connectivity index (χ1v) is 6.11. The van der Waals surface area contributed by atoms with Gasteiger partial charge in [0.1, 0.15) is 5.54 Å². The molecule has 0 aromatic heterocycles. The third-order valence-electron chi connectivity index (χ3n) is 3.88. The normalized spacial score (nSPS) is 33.8. The summed E-state index contributed by atoms with van der Waals surface area (Å²) in [6, 6.07) is 0.466. The van der Waals surface area contributed by atoms with Crippen molar-refractivity contribution in [1.82, 2.24) is 10.2 Å². The molecule has 16 heavy (non-hydrogen) atoms. The monoisotopic (exact) mass is 226 g/mol. The third-order valence-corrected chi connectivity index (χ3v) is 3.88. The number of rotatable bonds is 3. The lowest BCUT2D eigenvalue weighted by atomic mass is 9.91. The van der Waals surface area contributed by atoms with Crippen LogP contribution < -0.4 is 5.32 Å². The van der Waals surface area contributed by atoms with Crippen LogP contribution in [0.25, 0.3) is 0 Å². The van der Waals surface area contributed by atoms with Crippen LogP contribution in [0.15, 0.2) is 0 Å². The molecule has 2 saturated heterocycles. The highest BCUT2D eigenvalue weighted by molar-refractivity contribution is 5.79. The second kappa shape index (κ2) is 4.34. The van der Waals surface area contributed by atoms with E-state index in [4.69, 9.17) is 4.74 Å². The highest BCUT2D eigenvalue weighted by atomic mass is 16.5. The van der Waals surface area contributed by atoms with Crippen molar-refractivity contribution in [3.8, 4) is 0 Å². The summed E-state index contributed by atoms with van der Waals surface area (Å²) < 4.78 is 4.82. The molecule has 4 heteroatoms. The number of carbonyl (C=O) groups is 1. The molecular formula is C12H22N2O2. The smallest absolute Gasteiger partial charge is 0.325 e. The van der Waals surface area contributed by atoms with Crippen molar-refractivity contribution < 1.29 is 9.53 Å². The van der Waals surface area contributed by atoms with Crippen molar-refractivity contribution in [2.45, 2.75) is 38.3 Å². The number of ether oxygens (including phenoxy) is 1. The van der Waals surface area contributed by atoms with Crippen LogP contribution in [0.1, 0.15) is 26.7 Å². The van der Waals surface area contributed by atoms with Gasteiger partial charge in [0.05, 0.1) is 7.11 Å². The van der Waals surface area contributed by atoms with Crippen molar-refractivity contribution in [3.63, 3.8) is 0 Å². The molecule has 0 radical (unpaired) electrons. The van der Waals surface area contributed by atoms with E-state index < -0.39 is 5.54 Å². The molecule has 2 fully saturated rings. The van der Waals surface area contributed by atoms with Crippen molar-refractivity contribution in [2.24, 2.45) is 5.92 Å². The molecule has 2 aliphatic rings. The quantitative estimate of drug-likeness (QED) is 0.716. The van der Waals surface area contributed by atoms with E-state index >= 15 is 0 Å². The summed E-state index contributed by atoms with van der Waals surface area (Å²) in [5.41, 5.74) is -0.565. The first kappa shape index (κ1) is 11.9. The number of hydrogen-bond acceptors (Lipinski definition) is 4. The average molecular weight is 226 g/mol. The maximum absolute atomic E-state index is 11.6. The average Bonchev–Trinajstić information content (AvgIpc) is 2.64. The Morgan fingerprint density at radius 1 is 1.38 bits per heavy atom. The number of nitrogens with one attached hydrogen (secondary N) is 1. The van der Waals surface area contributed by atoms with Gasteiger partial charge in [-0.25, -0.2) is 0 Å². The van der Waals surface area contributed by atoms with Gasteiger partial charge < -0.3 is 9.64 Å². The maximum atomic E-state index is 11.6. The van der Waals surface area contributed by atoms with Crippen LogP contribution >= 0.6 is 0 Å². The summed E-state index contributed by atoms with van der Waals surface area (Å²) >= 11 is 0. The van der Waals surface area contributed by atoms with Gasteiger partial charge in [0.2, 0.25) is 0 Å². The number of methoxy groups -OCH3 is 1. The molecule has 0 aliphatic carbocycles. The number of nitrogens with zero attached hydrogens (tertiary/aromatic N) is 1. The van der Waals surface area contributed by atoms with Gasteiger partial charge in [-0.15, -0.1) is 0 Å². The number of piperidine rings is 1. The lowest BCUT2D eigenvalue weighted by Crippen LogP contribution is -2.56. The van der Waals surface area contributed by atoms with Crippen LogP contribution in [0.3, 0.4) is 0 Å². The predicted octanol–water partition coefficient (Wildman–Crippen LogP) is 0.622. The molecule has 2 rings (SSSR count). The Morgan fingerprint density at radius 2 is 2.06 bits per heavy atom. The van der Waals surface area contributed by atoms with Crippen LogP contribution in [0.2, 0.25) is 0 Å². The number of carbonyl (C=O) groups excluding carboxylic acids is 1. The number of esters is 1. The fourth-order valence-corrected chi connectivity index (χ4v) is 2.92. The van der Waals surface area contributed by atoms with E-state index in [0.29, 0.717) is 12.0 Å². The fourth-order valence-electron chi connectivity index (χ4n) is 2.92. The van der Waals surface area contributed by atoms with Crippen molar-refractivity contribution in [2.75, 3.05) is 26.7 Å². The minimum absolute atomic E-state index is 0.173.